The molecular formula is C21H27NO6S. The molecule has 0 spiro atoms. The summed E-state index contributed by atoms with van der Waals surface area (Å²) in [6.07, 6.45) is 3.21. The number of esters is 1. The molecule has 4 unspecified atom stereocenters. The molecule has 1 aromatic rings. The van der Waals surface area contributed by atoms with Gasteiger partial charge in [0.1, 0.15) is 11.4 Å². The SMILES string of the molecule is C=CC(=O)NC(C=Cc1ccccc1)C(C)C(C(C)OC(=O)C(=C)C)S(=O)(=O)O. The highest BCUT2D eigenvalue weighted by Gasteiger charge is 2.40. The standard InChI is InChI=1S/C21H27NO6S/c1-6-19(23)22-18(13-12-17-10-8-7-9-11-17)15(4)20(29(25,26)27)16(5)28-21(24)14(2)3/h6-13,15-16,18,20H,1-2H2,3-5H3,(H,22,23)(H,25,26,27). The van der Waals surface area contributed by atoms with Gasteiger partial charge in [0.15, 0.2) is 0 Å². The lowest BCUT2D eigenvalue weighted by molar-refractivity contribution is -0.144. The van der Waals surface area contributed by atoms with E-state index in [0.717, 1.165) is 11.6 Å². The van der Waals surface area contributed by atoms with Gasteiger partial charge in [-0.2, -0.15) is 8.42 Å². The van der Waals surface area contributed by atoms with Crippen molar-refractivity contribution in [3.05, 3.63) is 66.8 Å². The van der Waals surface area contributed by atoms with E-state index >= 15 is 0 Å². The number of rotatable bonds is 10. The maximum absolute atomic E-state index is 12.1. The zero-order chi connectivity index (χ0) is 22.2. The van der Waals surface area contributed by atoms with Gasteiger partial charge in [0.2, 0.25) is 5.91 Å². The van der Waals surface area contributed by atoms with E-state index in [-0.39, 0.29) is 5.57 Å². The van der Waals surface area contributed by atoms with Crippen molar-refractivity contribution in [1.82, 2.24) is 5.32 Å². The van der Waals surface area contributed by atoms with Crippen LogP contribution in [0.5, 0.6) is 0 Å². The van der Waals surface area contributed by atoms with Gasteiger partial charge in [0.25, 0.3) is 10.1 Å². The molecule has 4 atom stereocenters. The lowest BCUT2D eigenvalue weighted by atomic mass is 9.93. The molecule has 0 heterocycles. The summed E-state index contributed by atoms with van der Waals surface area (Å²) in [4.78, 5) is 23.7. The Labute approximate surface area is 171 Å². The molecule has 0 aliphatic rings. The number of nitrogens with one attached hydrogen (secondary N) is 1. The normalized spacial score (nSPS) is 15.7. The average molecular weight is 422 g/mol. The summed E-state index contributed by atoms with van der Waals surface area (Å²) in [5.74, 6) is -2.13. The molecule has 158 valence electrons. The number of hydrogen-bond donors (Lipinski definition) is 2. The van der Waals surface area contributed by atoms with Crippen LogP contribution in [0.4, 0.5) is 0 Å². The molecule has 0 bridgehead atoms. The lowest BCUT2D eigenvalue weighted by Crippen LogP contribution is -2.49. The molecule has 8 heteroatoms. The molecule has 0 aliphatic heterocycles. The number of hydrogen-bond acceptors (Lipinski definition) is 5. The smallest absolute Gasteiger partial charge is 0.333 e. The molecule has 7 nitrogen and oxygen atoms in total. The van der Waals surface area contributed by atoms with Crippen LogP contribution in [0.25, 0.3) is 6.08 Å². The Bertz CT molecular complexity index is 876. The van der Waals surface area contributed by atoms with Crippen LogP contribution in [-0.2, 0) is 24.4 Å². The maximum Gasteiger partial charge on any atom is 0.333 e. The van der Waals surface area contributed by atoms with Crippen LogP contribution in [-0.4, -0.2) is 42.2 Å². The predicted molar refractivity (Wildman–Crippen MR) is 112 cm³/mol. The van der Waals surface area contributed by atoms with E-state index in [9.17, 15) is 22.6 Å². The van der Waals surface area contributed by atoms with E-state index in [4.69, 9.17) is 4.74 Å². The lowest BCUT2D eigenvalue weighted by Gasteiger charge is -2.31. The van der Waals surface area contributed by atoms with Gasteiger partial charge in [-0.1, -0.05) is 62.6 Å². The molecule has 0 saturated heterocycles. The first kappa shape index (κ1) is 24.3. The zero-order valence-electron chi connectivity index (χ0n) is 16.7. The summed E-state index contributed by atoms with van der Waals surface area (Å²) in [6.45, 7) is 11.2. The van der Waals surface area contributed by atoms with Gasteiger partial charge in [-0.05, 0) is 25.5 Å². The minimum absolute atomic E-state index is 0.0964. The average Bonchev–Trinajstić information content (AvgIpc) is 2.64. The van der Waals surface area contributed by atoms with Crippen molar-refractivity contribution in [3.63, 3.8) is 0 Å². The molecule has 0 radical (unpaired) electrons. The fourth-order valence-corrected chi connectivity index (χ4v) is 4.09. The summed E-state index contributed by atoms with van der Waals surface area (Å²) < 4.78 is 39.1. The van der Waals surface area contributed by atoms with Crippen LogP contribution in [0.15, 0.2) is 61.2 Å². The van der Waals surface area contributed by atoms with Crippen molar-refractivity contribution in [2.45, 2.75) is 38.2 Å². The Morgan fingerprint density at radius 3 is 2.28 bits per heavy atom. The Kier molecular flexibility index (Phi) is 9.00. The van der Waals surface area contributed by atoms with E-state index in [1.54, 1.807) is 12.2 Å². The van der Waals surface area contributed by atoms with Crippen molar-refractivity contribution < 1.29 is 27.3 Å². The number of benzene rings is 1. The third kappa shape index (κ3) is 7.67. The van der Waals surface area contributed by atoms with Crippen LogP contribution in [0.3, 0.4) is 0 Å². The van der Waals surface area contributed by atoms with Gasteiger partial charge in [-0.15, -0.1) is 0 Å². The van der Waals surface area contributed by atoms with E-state index in [0.29, 0.717) is 0 Å². The molecular weight excluding hydrogens is 394 g/mol. The minimum Gasteiger partial charge on any atom is -0.458 e. The van der Waals surface area contributed by atoms with Gasteiger partial charge in [0, 0.05) is 11.5 Å². The Balaban J connectivity index is 3.24. The first-order chi connectivity index (χ1) is 13.5. The molecule has 0 aromatic heterocycles. The van der Waals surface area contributed by atoms with Crippen LogP contribution in [0.1, 0.15) is 26.3 Å². The molecule has 0 fully saturated rings. The monoisotopic (exact) mass is 421 g/mol. The molecule has 2 N–H and O–H groups in total. The summed E-state index contributed by atoms with van der Waals surface area (Å²) in [7, 11) is -4.62. The predicted octanol–water partition coefficient (Wildman–Crippen LogP) is 2.77. The highest BCUT2D eigenvalue weighted by molar-refractivity contribution is 7.86. The van der Waals surface area contributed by atoms with Crippen molar-refractivity contribution in [1.29, 1.82) is 0 Å². The summed E-state index contributed by atoms with van der Waals surface area (Å²) in [5, 5.41) is 1.16. The van der Waals surface area contributed by atoms with Gasteiger partial charge < -0.3 is 10.1 Å². The maximum atomic E-state index is 12.1. The number of carbonyl (C=O) groups is 2. The molecule has 1 rings (SSSR count). The van der Waals surface area contributed by atoms with Gasteiger partial charge in [-0.25, -0.2) is 4.79 Å². The highest BCUT2D eigenvalue weighted by atomic mass is 32.2. The minimum atomic E-state index is -4.62. The van der Waals surface area contributed by atoms with Crippen LogP contribution in [0, 0.1) is 5.92 Å². The summed E-state index contributed by atoms with van der Waals surface area (Å²) >= 11 is 0. The third-order valence-corrected chi connectivity index (χ3v) is 5.82. The number of carbonyl (C=O) groups excluding carboxylic acids is 2. The molecule has 29 heavy (non-hydrogen) atoms. The Morgan fingerprint density at radius 2 is 1.79 bits per heavy atom. The van der Waals surface area contributed by atoms with Crippen molar-refractivity contribution in [2.24, 2.45) is 5.92 Å². The van der Waals surface area contributed by atoms with Crippen molar-refractivity contribution in [3.8, 4) is 0 Å². The second-order valence-electron chi connectivity index (χ2n) is 6.74. The zero-order valence-corrected chi connectivity index (χ0v) is 17.6. The van der Waals surface area contributed by atoms with Crippen LogP contribution in [0.2, 0.25) is 0 Å². The second-order valence-corrected chi connectivity index (χ2v) is 8.31. The first-order valence-electron chi connectivity index (χ1n) is 8.96. The van der Waals surface area contributed by atoms with Gasteiger partial charge in [0.05, 0.1) is 6.04 Å². The molecule has 1 amide bonds. The summed E-state index contributed by atoms with van der Waals surface area (Å²) in [6, 6.07) is 8.40. The number of amides is 1. The van der Waals surface area contributed by atoms with E-state index < -0.39 is 45.3 Å². The summed E-state index contributed by atoms with van der Waals surface area (Å²) in [5.41, 5.74) is 0.932. The fraction of sp³-hybridized carbons (Fsp3) is 0.333. The fourth-order valence-electron chi connectivity index (χ4n) is 2.84. The number of ether oxygens (including phenoxy) is 1. The van der Waals surface area contributed by atoms with Gasteiger partial charge >= 0.3 is 5.97 Å². The molecule has 0 aliphatic carbocycles. The first-order valence-corrected chi connectivity index (χ1v) is 10.5. The quantitative estimate of drug-likeness (QED) is 0.341. The van der Waals surface area contributed by atoms with Crippen molar-refractivity contribution >= 4 is 28.1 Å². The van der Waals surface area contributed by atoms with E-state index in [1.165, 1.54) is 20.8 Å². The highest BCUT2D eigenvalue weighted by Crippen LogP contribution is 2.23. The van der Waals surface area contributed by atoms with Crippen LogP contribution >= 0.6 is 0 Å². The van der Waals surface area contributed by atoms with Crippen molar-refractivity contribution in [2.75, 3.05) is 0 Å². The van der Waals surface area contributed by atoms with Gasteiger partial charge in [-0.3, -0.25) is 9.35 Å². The van der Waals surface area contributed by atoms with E-state index in [2.05, 4.69) is 18.5 Å². The topological polar surface area (TPSA) is 110 Å². The van der Waals surface area contributed by atoms with E-state index in [1.807, 2.05) is 30.3 Å². The molecule has 0 saturated carbocycles. The van der Waals surface area contributed by atoms with Crippen LogP contribution < -0.4 is 5.32 Å². The second kappa shape index (κ2) is 10.7. The third-order valence-electron chi connectivity index (χ3n) is 4.32. The largest absolute Gasteiger partial charge is 0.458 e. The Morgan fingerprint density at radius 1 is 1.21 bits per heavy atom. The molecule has 1 aromatic carbocycles. The Hall–Kier alpha value is -2.71.